The monoisotopic (exact) mass is 523 g/mol. The third-order valence-corrected chi connectivity index (χ3v) is 7.77. The van der Waals surface area contributed by atoms with E-state index in [9.17, 15) is 22.4 Å². The van der Waals surface area contributed by atoms with E-state index in [1.54, 1.807) is 12.1 Å². The summed E-state index contributed by atoms with van der Waals surface area (Å²) >= 11 is 0. The van der Waals surface area contributed by atoms with Crippen LogP contribution in [0.5, 0.6) is 5.88 Å². The zero-order chi connectivity index (χ0) is 26.4. The van der Waals surface area contributed by atoms with Gasteiger partial charge in [0.2, 0.25) is 11.7 Å². The normalized spacial score (nSPS) is 26.5. The number of amides is 2. The Bertz CT molecular complexity index is 1160. The van der Waals surface area contributed by atoms with Crippen LogP contribution in [0.2, 0.25) is 0 Å². The van der Waals surface area contributed by atoms with Crippen LogP contribution in [0.25, 0.3) is 0 Å². The van der Waals surface area contributed by atoms with Gasteiger partial charge in [-0.3, -0.25) is 9.80 Å². The number of benzene rings is 1. The van der Waals surface area contributed by atoms with Crippen LogP contribution >= 0.6 is 0 Å². The maximum atomic E-state index is 14.0. The molecule has 0 radical (unpaired) electrons. The van der Waals surface area contributed by atoms with E-state index >= 15 is 0 Å². The van der Waals surface area contributed by atoms with E-state index in [-0.39, 0.29) is 36.5 Å². The molecule has 1 spiro atoms. The number of alkyl halides is 3. The Balaban J connectivity index is 1.38. The maximum Gasteiger partial charge on any atom is 0.451 e. The first-order valence-electron chi connectivity index (χ1n) is 12.2. The molecule has 5 rings (SSSR count). The molecule has 8 nitrogen and oxygen atoms in total. The molecule has 3 fully saturated rings. The van der Waals surface area contributed by atoms with Crippen molar-refractivity contribution in [2.24, 2.45) is 5.92 Å². The molecule has 2 amide bonds. The van der Waals surface area contributed by atoms with E-state index < -0.39 is 29.1 Å². The molecule has 37 heavy (non-hydrogen) atoms. The molecule has 1 aliphatic carbocycles. The summed E-state index contributed by atoms with van der Waals surface area (Å²) in [6.45, 7) is 1.27. The van der Waals surface area contributed by atoms with Gasteiger partial charge >= 0.3 is 12.2 Å². The molecule has 3 aliphatic rings. The second-order valence-electron chi connectivity index (χ2n) is 10.3. The Morgan fingerprint density at radius 1 is 1.22 bits per heavy atom. The van der Waals surface area contributed by atoms with Gasteiger partial charge in [-0.05, 0) is 57.5 Å². The zero-order valence-corrected chi connectivity index (χ0v) is 20.6. The standard InChI is InChI=1S/C25H29F4N5O3/c1-33(2)24(17-4-3-5-18(26)10-17)8-6-23(7-9-24)15-34(22(35)32-23)19-11-30-21(25(27,28)29)31-20(19)37-14-16-12-36-13-16/h3-5,10-11,16H,6-9,12-15H2,1-2H3,(H,32,35)/t23-,24+. The van der Waals surface area contributed by atoms with Crippen LogP contribution in [-0.4, -0.2) is 66.9 Å². The predicted octanol–water partition coefficient (Wildman–Crippen LogP) is 3.96. The molecular weight excluding hydrogens is 494 g/mol. The van der Waals surface area contributed by atoms with Gasteiger partial charge in [0.1, 0.15) is 11.5 Å². The number of carbonyl (C=O) groups is 1. The molecule has 0 unspecified atom stereocenters. The van der Waals surface area contributed by atoms with Crippen molar-refractivity contribution < 1.29 is 31.8 Å². The summed E-state index contributed by atoms with van der Waals surface area (Å²) in [6.07, 6.45) is -1.23. The van der Waals surface area contributed by atoms with Crippen molar-refractivity contribution in [3.8, 4) is 5.88 Å². The lowest BCUT2D eigenvalue weighted by atomic mass is 9.69. The van der Waals surface area contributed by atoms with Crippen LogP contribution in [0.4, 0.5) is 28.0 Å². The Labute approximate surface area is 212 Å². The lowest BCUT2D eigenvalue weighted by Crippen LogP contribution is -2.54. The van der Waals surface area contributed by atoms with Gasteiger partial charge in [0.25, 0.3) is 0 Å². The van der Waals surface area contributed by atoms with Crippen molar-refractivity contribution in [3.63, 3.8) is 0 Å². The van der Waals surface area contributed by atoms with Crippen molar-refractivity contribution in [3.05, 3.63) is 47.7 Å². The highest BCUT2D eigenvalue weighted by Gasteiger charge is 2.51. The van der Waals surface area contributed by atoms with Gasteiger partial charge in [-0.15, -0.1) is 0 Å². The summed E-state index contributed by atoms with van der Waals surface area (Å²) in [5.74, 6) is -1.85. The minimum Gasteiger partial charge on any atom is -0.476 e. The first-order chi connectivity index (χ1) is 17.5. The second kappa shape index (κ2) is 9.39. The minimum absolute atomic E-state index is 0.0521. The Hall–Kier alpha value is -2.99. The minimum atomic E-state index is -4.75. The lowest BCUT2D eigenvalue weighted by molar-refractivity contribution is -0.145. The summed E-state index contributed by atoms with van der Waals surface area (Å²) in [5.41, 5.74) is -0.0224. The fourth-order valence-electron chi connectivity index (χ4n) is 5.47. The lowest BCUT2D eigenvalue weighted by Gasteiger charge is -2.48. The van der Waals surface area contributed by atoms with Crippen molar-refractivity contribution >= 4 is 11.7 Å². The molecule has 3 heterocycles. The molecule has 1 aromatic carbocycles. The molecule has 0 bridgehead atoms. The fraction of sp³-hybridized carbons (Fsp3) is 0.560. The highest BCUT2D eigenvalue weighted by atomic mass is 19.4. The summed E-state index contributed by atoms with van der Waals surface area (Å²) in [5, 5.41) is 3.06. The van der Waals surface area contributed by atoms with Crippen LogP contribution in [0.1, 0.15) is 37.1 Å². The van der Waals surface area contributed by atoms with Gasteiger partial charge in [-0.25, -0.2) is 14.2 Å². The Morgan fingerprint density at radius 3 is 2.54 bits per heavy atom. The third kappa shape index (κ3) is 4.84. The molecular formula is C25H29F4N5O3. The van der Waals surface area contributed by atoms with Crippen LogP contribution in [0, 0.1) is 11.7 Å². The Kier molecular flexibility index (Phi) is 6.51. The molecule has 1 N–H and O–H groups in total. The molecule has 0 atom stereocenters. The van der Waals surface area contributed by atoms with E-state index in [0.29, 0.717) is 38.9 Å². The maximum absolute atomic E-state index is 14.0. The van der Waals surface area contributed by atoms with Gasteiger partial charge < -0.3 is 14.8 Å². The quantitative estimate of drug-likeness (QED) is 0.578. The average Bonchev–Trinajstić information content (AvgIpc) is 3.13. The number of hydrogen-bond acceptors (Lipinski definition) is 6. The number of nitrogens with zero attached hydrogens (tertiary/aromatic N) is 4. The summed E-state index contributed by atoms with van der Waals surface area (Å²) < 4.78 is 64.7. The van der Waals surface area contributed by atoms with Gasteiger partial charge in [0, 0.05) is 11.5 Å². The van der Waals surface area contributed by atoms with Crippen molar-refractivity contribution in [1.82, 2.24) is 20.2 Å². The molecule has 12 heteroatoms. The first-order valence-corrected chi connectivity index (χ1v) is 12.2. The van der Waals surface area contributed by atoms with Gasteiger partial charge in [0.05, 0.1) is 38.1 Å². The number of nitrogens with one attached hydrogen (secondary N) is 1. The van der Waals surface area contributed by atoms with E-state index in [4.69, 9.17) is 9.47 Å². The molecule has 2 saturated heterocycles. The van der Waals surface area contributed by atoms with Crippen LogP contribution in [0.15, 0.2) is 30.5 Å². The number of halogens is 4. The van der Waals surface area contributed by atoms with E-state index in [1.807, 2.05) is 20.2 Å². The van der Waals surface area contributed by atoms with Gasteiger partial charge in [-0.1, -0.05) is 12.1 Å². The predicted molar refractivity (Wildman–Crippen MR) is 126 cm³/mol. The largest absolute Gasteiger partial charge is 0.476 e. The number of urea groups is 1. The number of ether oxygens (including phenoxy) is 2. The second-order valence-corrected chi connectivity index (χ2v) is 10.3. The van der Waals surface area contributed by atoms with E-state index in [0.717, 1.165) is 11.8 Å². The number of anilines is 1. The molecule has 1 saturated carbocycles. The number of rotatable bonds is 6. The molecule has 1 aromatic heterocycles. The molecule has 2 aromatic rings. The highest BCUT2D eigenvalue weighted by Crippen LogP contribution is 2.47. The Morgan fingerprint density at radius 2 is 1.95 bits per heavy atom. The number of hydrogen-bond donors (Lipinski definition) is 1. The van der Waals surface area contributed by atoms with Gasteiger partial charge in [0.15, 0.2) is 0 Å². The van der Waals surface area contributed by atoms with Crippen LogP contribution in [0.3, 0.4) is 0 Å². The van der Waals surface area contributed by atoms with Gasteiger partial charge in [-0.2, -0.15) is 18.2 Å². The van der Waals surface area contributed by atoms with Crippen molar-refractivity contribution in [2.45, 2.75) is 42.9 Å². The summed E-state index contributed by atoms with van der Waals surface area (Å²) in [7, 11) is 3.91. The fourth-order valence-corrected chi connectivity index (χ4v) is 5.47. The zero-order valence-electron chi connectivity index (χ0n) is 20.6. The van der Waals surface area contributed by atoms with E-state index in [1.165, 1.54) is 11.0 Å². The summed E-state index contributed by atoms with van der Waals surface area (Å²) in [6, 6.07) is 6.13. The average molecular weight is 524 g/mol. The summed E-state index contributed by atoms with van der Waals surface area (Å²) in [4.78, 5) is 23.6. The SMILES string of the molecule is CN(C)[C@]1(c2cccc(F)c2)CC[C@]2(CC1)CN(c1cnc(C(F)(F)F)nc1OCC1COC1)C(=O)N2. The van der Waals surface area contributed by atoms with Crippen molar-refractivity contribution in [1.29, 1.82) is 0 Å². The highest BCUT2D eigenvalue weighted by molar-refractivity contribution is 5.96. The number of aromatic nitrogens is 2. The number of carbonyl (C=O) groups excluding carboxylic acids is 1. The topological polar surface area (TPSA) is 79.8 Å². The molecule has 2 aliphatic heterocycles. The smallest absolute Gasteiger partial charge is 0.451 e. The third-order valence-electron chi connectivity index (χ3n) is 7.77. The van der Waals surface area contributed by atoms with Crippen LogP contribution < -0.4 is 15.0 Å². The van der Waals surface area contributed by atoms with Crippen molar-refractivity contribution in [2.75, 3.05) is 45.4 Å². The molecule has 200 valence electrons. The van der Waals surface area contributed by atoms with E-state index in [2.05, 4.69) is 20.2 Å². The van der Waals surface area contributed by atoms with Crippen LogP contribution in [-0.2, 0) is 16.5 Å². The first kappa shape index (κ1) is 25.7.